The van der Waals surface area contributed by atoms with Gasteiger partial charge in [-0.25, -0.2) is 0 Å². The van der Waals surface area contributed by atoms with Crippen LogP contribution in [0.4, 0.5) is 0 Å². The summed E-state index contributed by atoms with van der Waals surface area (Å²) >= 11 is 0. The Balaban J connectivity index is 2.67. The van der Waals surface area contributed by atoms with Crippen molar-refractivity contribution >= 4 is 5.91 Å². The Morgan fingerprint density at radius 1 is 1.50 bits per heavy atom. The van der Waals surface area contributed by atoms with Gasteiger partial charge in [-0.1, -0.05) is 12.1 Å². The lowest BCUT2D eigenvalue weighted by Crippen LogP contribution is -2.31. The molecule has 1 unspecified atom stereocenters. The number of hydrogen-bond acceptors (Lipinski definition) is 3. The van der Waals surface area contributed by atoms with Crippen LogP contribution in [0.1, 0.15) is 23.7 Å². The second-order valence-electron chi connectivity index (χ2n) is 4.01. The van der Waals surface area contributed by atoms with Gasteiger partial charge in [-0.15, -0.1) is 0 Å². The van der Waals surface area contributed by atoms with E-state index >= 15 is 0 Å². The van der Waals surface area contributed by atoms with Crippen molar-refractivity contribution in [1.29, 1.82) is 0 Å². The van der Waals surface area contributed by atoms with E-state index in [9.17, 15) is 9.90 Å². The Kier molecular flexibility index (Phi) is 4.31. The summed E-state index contributed by atoms with van der Waals surface area (Å²) in [6, 6.07) is 6.60. The molecule has 0 aliphatic carbocycles. The molecule has 1 amide bonds. The number of hydrogen-bond donors (Lipinski definition) is 2. The summed E-state index contributed by atoms with van der Waals surface area (Å²) in [6.07, 6.45) is 0.746. The van der Waals surface area contributed by atoms with Crippen LogP contribution in [0.5, 0.6) is 5.75 Å². The van der Waals surface area contributed by atoms with Crippen LogP contribution in [0, 0.1) is 0 Å². The van der Waals surface area contributed by atoms with E-state index in [0.717, 1.165) is 6.42 Å². The van der Waals surface area contributed by atoms with Crippen molar-refractivity contribution in [2.75, 3.05) is 13.6 Å². The maximum atomic E-state index is 11.9. The third kappa shape index (κ3) is 3.24. The lowest BCUT2D eigenvalue weighted by atomic mass is 10.1. The number of carbonyl (C=O) groups is 1. The molecular formula is C12H18N2O2. The molecule has 4 heteroatoms. The predicted octanol–water partition coefficient (Wildman–Crippen LogP) is 1.20. The van der Waals surface area contributed by atoms with Crippen LogP contribution in [-0.2, 0) is 0 Å². The Hall–Kier alpha value is -1.55. The minimum absolute atomic E-state index is 0.0140. The van der Waals surface area contributed by atoms with E-state index in [0.29, 0.717) is 12.1 Å². The van der Waals surface area contributed by atoms with Gasteiger partial charge in [0.25, 0.3) is 5.91 Å². The predicted molar refractivity (Wildman–Crippen MR) is 63.3 cm³/mol. The van der Waals surface area contributed by atoms with E-state index in [1.165, 1.54) is 6.07 Å². The number of phenolic OH excluding ortho intramolecular Hbond substituents is 1. The maximum Gasteiger partial charge on any atom is 0.257 e. The smallest absolute Gasteiger partial charge is 0.257 e. The number of benzene rings is 1. The fraction of sp³-hybridized carbons (Fsp3) is 0.417. The normalized spacial score (nSPS) is 12.2. The third-order valence-corrected chi connectivity index (χ3v) is 2.40. The van der Waals surface area contributed by atoms with Crippen LogP contribution in [0.25, 0.3) is 0 Å². The van der Waals surface area contributed by atoms with Crippen LogP contribution in [0.15, 0.2) is 24.3 Å². The monoisotopic (exact) mass is 222 g/mol. The van der Waals surface area contributed by atoms with Gasteiger partial charge in [0.05, 0.1) is 5.56 Å². The summed E-state index contributed by atoms with van der Waals surface area (Å²) in [6.45, 7) is 2.49. The SMILES string of the molecule is CC(N)CCN(C)C(=O)c1ccccc1O. The summed E-state index contributed by atoms with van der Waals surface area (Å²) in [5.74, 6) is -0.168. The van der Waals surface area contributed by atoms with Gasteiger partial charge < -0.3 is 15.7 Å². The van der Waals surface area contributed by atoms with Crippen molar-refractivity contribution < 1.29 is 9.90 Å². The fourth-order valence-electron chi connectivity index (χ4n) is 1.36. The Bertz CT molecular complexity index is 364. The first-order valence-electron chi connectivity index (χ1n) is 5.31. The van der Waals surface area contributed by atoms with Crippen molar-refractivity contribution in [3.63, 3.8) is 0 Å². The lowest BCUT2D eigenvalue weighted by Gasteiger charge is -2.18. The standard InChI is InChI=1S/C12H18N2O2/c1-9(13)7-8-14(2)12(16)10-5-3-4-6-11(10)15/h3-6,9,15H,7-8,13H2,1-2H3. The highest BCUT2D eigenvalue weighted by Gasteiger charge is 2.14. The molecule has 0 spiro atoms. The molecule has 0 aliphatic heterocycles. The summed E-state index contributed by atoms with van der Waals surface area (Å²) in [5.41, 5.74) is 5.95. The third-order valence-electron chi connectivity index (χ3n) is 2.40. The van der Waals surface area contributed by atoms with E-state index < -0.39 is 0 Å². The quantitative estimate of drug-likeness (QED) is 0.804. The minimum atomic E-state index is -0.182. The molecule has 3 N–H and O–H groups in total. The minimum Gasteiger partial charge on any atom is -0.507 e. The number of nitrogens with zero attached hydrogens (tertiary/aromatic N) is 1. The van der Waals surface area contributed by atoms with Crippen LogP contribution < -0.4 is 5.73 Å². The molecule has 0 saturated carbocycles. The first-order chi connectivity index (χ1) is 7.52. The van der Waals surface area contributed by atoms with Crippen LogP contribution in [0.3, 0.4) is 0 Å². The molecule has 0 aromatic heterocycles. The zero-order valence-corrected chi connectivity index (χ0v) is 9.68. The molecule has 4 nitrogen and oxygen atoms in total. The average molecular weight is 222 g/mol. The van der Waals surface area contributed by atoms with E-state index in [4.69, 9.17) is 5.73 Å². The Labute approximate surface area is 95.7 Å². The maximum absolute atomic E-state index is 11.9. The highest BCUT2D eigenvalue weighted by atomic mass is 16.3. The van der Waals surface area contributed by atoms with Gasteiger partial charge in [0.15, 0.2) is 0 Å². The van der Waals surface area contributed by atoms with Gasteiger partial charge in [0.1, 0.15) is 5.75 Å². The van der Waals surface area contributed by atoms with Crippen molar-refractivity contribution in [3.8, 4) is 5.75 Å². The first kappa shape index (κ1) is 12.5. The van der Waals surface area contributed by atoms with Crippen LogP contribution in [-0.4, -0.2) is 35.5 Å². The molecule has 0 bridgehead atoms. The van der Waals surface area contributed by atoms with Crippen molar-refractivity contribution in [2.45, 2.75) is 19.4 Å². The number of para-hydroxylation sites is 1. The molecule has 0 radical (unpaired) electrons. The summed E-state index contributed by atoms with van der Waals surface area (Å²) in [7, 11) is 1.71. The molecule has 1 aromatic rings. The number of aromatic hydroxyl groups is 1. The molecule has 1 rings (SSSR count). The molecular weight excluding hydrogens is 204 g/mol. The highest BCUT2D eigenvalue weighted by Crippen LogP contribution is 2.17. The van der Waals surface area contributed by atoms with Crippen molar-refractivity contribution in [3.05, 3.63) is 29.8 Å². The second-order valence-corrected chi connectivity index (χ2v) is 4.01. The molecule has 0 saturated heterocycles. The second kappa shape index (κ2) is 5.51. The molecule has 0 fully saturated rings. The van der Waals surface area contributed by atoms with Gasteiger partial charge in [0.2, 0.25) is 0 Å². The van der Waals surface area contributed by atoms with E-state index in [1.54, 1.807) is 30.1 Å². The van der Waals surface area contributed by atoms with Crippen molar-refractivity contribution in [2.24, 2.45) is 5.73 Å². The molecule has 1 aromatic carbocycles. The number of rotatable bonds is 4. The Morgan fingerprint density at radius 2 is 2.12 bits per heavy atom. The van der Waals surface area contributed by atoms with E-state index in [1.807, 2.05) is 6.92 Å². The number of amides is 1. The van der Waals surface area contributed by atoms with E-state index in [2.05, 4.69) is 0 Å². The topological polar surface area (TPSA) is 66.6 Å². The number of carbonyl (C=O) groups excluding carboxylic acids is 1. The van der Waals surface area contributed by atoms with Gasteiger partial charge in [-0.3, -0.25) is 4.79 Å². The molecule has 88 valence electrons. The zero-order chi connectivity index (χ0) is 12.1. The summed E-state index contributed by atoms with van der Waals surface area (Å²) < 4.78 is 0. The van der Waals surface area contributed by atoms with Crippen molar-refractivity contribution in [1.82, 2.24) is 4.90 Å². The van der Waals surface area contributed by atoms with Crippen LogP contribution in [0.2, 0.25) is 0 Å². The summed E-state index contributed by atoms with van der Waals surface area (Å²) in [5, 5.41) is 9.54. The van der Waals surface area contributed by atoms with Crippen LogP contribution >= 0.6 is 0 Å². The molecule has 1 atom stereocenters. The lowest BCUT2D eigenvalue weighted by molar-refractivity contribution is 0.0789. The number of phenols is 1. The first-order valence-corrected chi connectivity index (χ1v) is 5.31. The Morgan fingerprint density at radius 3 is 2.69 bits per heavy atom. The molecule has 0 heterocycles. The van der Waals surface area contributed by atoms with Gasteiger partial charge in [-0.05, 0) is 25.5 Å². The van der Waals surface area contributed by atoms with Gasteiger partial charge in [-0.2, -0.15) is 0 Å². The average Bonchev–Trinajstić information content (AvgIpc) is 2.25. The van der Waals surface area contributed by atoms with E-state index in [-0.39, 0.29) is 17.7 Å². The van der Waals surface area contributed by atoms with Gasteiger partial charge in [0, 0.05) is 19.6 Å². The zero-order valence-electron chi connectivity index (χ0n) is 9.68. The fourth-order valence-corrected chi connectivity index (χ4v) is 1.36. The molecule has 16 heavy (non-hydrogen) atoms. The number of nitrogens with two attached hydrogens (primary N) is 1. The van der Waals surface area contributed by atoms with Gasteiger partial charge >= 0.3 is 0 Å². The summed E-state index contributed by atoms with van der Waals surface area (Å²) in [4.78, 5) is 13.5. The highest BCUT2D eigenvalue weighted by molar-refractivity contribution is 5.96. The largest absolute Gasteiger partial charge is 0.507 e. The molecule has 0 aliphatic rings.